The Balaban J connectivity index is 1.62. The van der Waals surface area contributed by atoms with Gasteiger partial charge in [-0.1, -0.05) is 51.8 Å². The largest absolute Gasteiger partial charge is 0.469 e. The number of hydrogen-bond donors (Lipinski definition) is 1. The highest BCUT2D eigenvalue weighted by Crippen LogP contribution is 2.28. The molecule has 8 heteroatoms. The molecule has 0 saturated carbocycles. The molecule has 1 heterocycles. The maximum Gasteiger partial charge on any atom is 0.307 e. The SMILES string of the molecule is COC(=O)CC(NC(=O)CCc1ncc(-c2ccccc2Cl)o1)c1ccc(Br)cc1. The third kappa shape index (κ3) is 5.93. The number of hydrogen-bond acceptors (Lipinski definition) is 5. The normalized spacial score (nSPS) is 11.7. The van der Waals surface area contributed by atoms with Gasteiger partial charge in [-0.3, -0.25) is 9.59 Å². The number of aryl methyl sites for hydroxylation is 1. The average molecular weight is 492 g/mol. The van der Waals surface area contributed by atoms with Crippen molar-refractivity contribution in [2.75, 3.05) is 7.11 Å². The van der Waals surface area contributed by atoms with E-state index >= 15 is 0 Å². The summed E-state index contributed by atoms with van der Waals surface area (Å²) < 4.78 is 11.4. The highest BCUT2D eigenvalue weighted by molar-refractivity contribution is 9.10. The van der Waals surface area contributed by atoms with Gasteiger partial charge in [0.2, 0.25) is 5.91 Å². The molecule has 2 aromatic carbocycles. The number of oxazole rings is 1. The number of amides is 1. The summed E-state index contributed by atoms with van der Waals surface area (Å²) in [5.41, 5.74) is 1.56. The highest BCUT2D eigenvalue weighted by Gasteiger charge is 2.19. The second-order valence-corrected chi connectivity index (χ2v) is 7.87. The predicted octanol–water partition coefficient (Wildman–Crippen LogP) is 5.11. The van der Waals surface area contributed by atoms with E-state index in [2.05, 4.69) is 26.2 Å². The first-order valence-electron chi connectivity index (χ1n) is 9.27. The third-order valence-corrected chi connectivity index (χ3v) is 5.32. The van der Waals surface area contributed by atoms with E-state index in [0.29, 0.717) is 23.1 Å². The summed E-state index contributed by atoms with van der Waals surface area (Å²) in [6.07, 6.45) is 2.12. The van der Waals surface area contributed by atoms with Crippen molar-refractivity contribution in [2.24, 2.45) is 0 Å². The molecule has 0 bridgehead atoms. The smallest absolute Gasteiger partial charge is 0.307 e. The Morgan fingerprint density at radius 3 is 2.63 bits per heavy atom. The van der Waals surface area contributed by atoms with Crippen molar-refractivity contribution in [2.45, 2.75) is 25.3 Å². The van der Waals surface area contributed by atoms with Crippen LogP contribution in [0, 0.1) is 0 Å². The van der Waals surface area contributed by atoms with Gasteiger partial charge < -0.3 is 14.5 Å². The Morgan fingerprint density at radius 2 is 1.93 bits per heavy atom. The van der Waals surface area contributed by atoms with E-state index in [-0.39, 0.29) is 18.7 Å². The van der Waals surface area contributed by atoms with Crippen molar-refractivity contribution < 1.29 is 18.7 Å². The zero-order chi connectivity index (χ0) is 21.5. The van der Waals surface area contributed by atoms with Crippen molar-refractivity contribution in [1.82, 2.24) is 10.3 Å². The van der Waals surface area contributed by atoms with Crippen LogP contribution < -0.4 is 5.32 Å². The number of esters is 1. The molecule has 1 N–H and O–H groups in total. The lowest BCUT2D eigenvalue weighted by Gasteiger charge is -2.18. The Morgan fingerprint density at radius 1 is 1.20 bits per heavy atom. The van der Waals surface area contributed by atoms with Gasteiger partial charge in [-0.25, -0.2) is 4.98 Å². The fourth-order valence-electron chi connectivity index (χ4n) is 2.90. The van der Waals surface area contributed by atoms with E-state index in [1.54, 1.807) is 12.3 Å². The van der Waals surface area contributed by atoms with Crippen LogP contribution in [0.15, 0.2) is 63.6 Å². The molecule has 30 heavy (non-hydrogen) atoms. The number of rotatable bonds is 8. The number of benzene rings is 2. The zero-order valence-corrected chi connectivity index (χ0v) is 18.6. The summed E-state index contributed by atoms with van der Waals surface area (Å²) in [6.45, 7) is 0. The number of carbonyl (C=O) groups is 2. The first-order valence-corrected chi connectivity index (χ1v) is 10.4. The van der Waals surface area contributed by atoms with Crippen LogP contribution in [-0.2, 0) is 20.7 Å². The maximum absolute atomic E-state index is 12.5. The minimum absolute atomic E-state index is 0.0412. The minimum atomic E-state index is -0.485. The fourth-order valence-corrected chi connectivity index (χ4v) is 3.39. The van der Waals surface area contributed by atoms with E-state index in [1.165, 1.54) is 7.11 Å². The molecule has 0 aliphatic heterocycles. The van der Waals surface area contributed by atoms with Crippen molar-refractivity contribution >= 4 is 39.4 Å². The molecule has 6 nitrogen and oxygen atoms in total. The first-order chi connectivity index (χ1) is 14.5. The van der Waals surface area contributed by atoms with Gasteiger partial charge in [0.1, 0.15) is 0 Å². The summed E-state index contributed by atoms with van der Waals surface area (Å²) in [5, 5.41) is 3.46. The number of halogens is 2. The van der Waals surface area contributed by atoms with Crippen LogP contribution in [0.3, 0.4) is 0 Å². The monoisotopic (exact) mass is 490 g/mol. The van der Waals surface area contributed by atoms with Gasteiger partial charge in [0.05, 0.1) is 30.8 Å². The van der Waals surface area contributed by atoms with Crippen LogP contribution in [0.5, 0.6) is 0 Å². The van der Waals surface area contributed by atoms with Gasteiger partial charge in [0.15, 0.2) is 11.7 Å². The van der Waals surface area contributed by atoms with Gasteiger partial charge in [-0.15, -0.1) is 0 Å². The van der Waals surface area contributed by atoms with Crippen LogP contribution in [0.4, 0.5) is 0 Å². The summed E-state index contributed by atoms with van der Waals surface area (Å²) in [4.78, 5) is 28.5. The average Bonchev–Trinajstić information content (AvgIpc) is 3.21. The van der Waals surface area contributed by atoms with Crippen LogP contribution in [-0.4, -0.2) is 24.0 Å². The summed E-state index contributed by atoms with van der Waals surface area (Å²) in [6, 6.07) is 14.2. The Bertz CT molecular complexity index is 1020. The molecule has 0 saturated heterocycles. The molecule has 1 aromatic heterocycles. The maximum atomic E-state index is 12.5. The molecule has 3 rings (SSSR count). The molecule has 1 unspecified atom stereocenters. The molecule has 156 valence electrons. The number of nitrogens with one attached hydrogen (secondary N) is 1. The molecule has 1 amide bonds. The summed E-state index contributed by atoms with van der Waals surface area (Å²) in [5.74, 6) is 0.368. The van der Waals surface area contributed by atoms with E-state index in [4.69, 9.17) is 20.8 Å². The second kappa shape index (κ2) is 10.4. The van der Waals surface area contributed by atoms with Crippen molar-refractivity contribution in [3.05, 3.63) is 75.7 Å². The molecular formula is C22H20BrClN2O4. The van der Waals surface area contributed by atoms with Gasteiger partial charge >= 0.3 is 5.97 Å². The molecule has 3 aromatic rings. The number of carbonyl (C=O) groups excluding carboxylic acids is 2. The van der Waals surface area contributed by atoms with Crippen LogP contribution in [0.2, 0.25) is 5.02 Å². The summed E-state index contributed by atoms with van der Waals surface area (Å²) >= 11 is 9.56. The Hall–Kier alpha value is -2.64. The topological polar surface area (TPSA) is 81.4 Å². The van der Waals surface area contributed by atoms with Crippen molar-refractivity contribution in [1.29, 1.82) is 0 Å². The number of aromatic nitrogens is 1. The standard InChI is InChI=1S/C22H20BrClN2O4/c1-29-22(28)12-18(14-6-8-15(23)9-7-14)26-20(27)10-11-21-25-13-19(30-21)16-4-2-3-5-17(16)24/h2-9,13,18H,10-12H2,1H3,(H,26,27). The lowest BCUT2D eigenvalue weighted by atomic mass is 10.0. The molecular weight excluding hydrogens is 472 g/mol. The predicted molar refractivity (Wildman–Crippen MR) is 117 cm³/mol. The van der Waals surface area contributed by atoms with Crippen LogP contribution in [0.1, 0.15) is 30.3 Å². The number of methoxy groups -OCH3 is 1. The lowest BCUT2D eigenvalue weighted by molar-refractivity contribution is -0.141. The second-order valence-electron chi connectivity index (χ2n) is 6.55. The van der Waals surface area contributed by atoms with E-state index < -0.39 is 12.0 Å². The minimum Gasteiger partial charge on any atom is -0.469 e. The van der Waals surface area contributed by atoms with Gasteiger partial charge in [0.25, 0.3) is 0 Å². The van der Waals surface area contributed by atoms with Crippen LogP contribution in [0.25, 0.3) is 11.3 Å². The zero-order valence-electron chi connectivity index (χ0n) is 16.2. The van der Waals surface area contributed by atoms with E-state index in [9.17, 15) is 9.59 Å². The third-order valence-electron chi connectivity index (χ3n) is 4.46. The van der Waals surface area contributed by atoms with E-state index in [0.717, 1.165) is 15.6 Å². The van der Waals surface area contributed by atoms with E-state index in [1.807, 2.05) is 42.5 Å². The number of nitrogens with zero attached hydrogens (tertiary/aromatic N) is 1. The summed E-state index contributed by atoms with van der Waals surface area (Å²) in [7, 11) is 1.32. The number of ether oxygens (including phenoxy) is 1. The van der Waals surface area contributed by atoms with Crippen molar-refractivity contribution in [3.63, 3.8) is 0 Å². The quantitative estimate of drug-likeness (QED) is 0.443. The molecule has 0 fully saturated rings. The highest BCUT2D eigenvalue weighted by atomic mass is 79.9. The van der Waals surface area contributed by atoms with Gasteiger partial charge in [-0.2, -0.15) is 0 Å². The van der Waals surface area contributed by atoms with Crippen LogP contribution >= 0.6 is 27.5 Å². The Labute approximate surface area is 187 Å². The molecule has 0 radical (unpaired) electrons. The van der Waals surface area contributed by atoms with Crippen molar-refractivity contribution in [3.8, 4) is 11.3 Å². The molecule has 0 spiro atoms. The first kappa shape index (κ1) is 22.1. The molecule has 1 atom stereocenters. The lowest BCUT2D eigenvalue weighted by Crippen LogP contribution is -2.30. The van der Waals surface area contributed by atoms with Gasteiger partial charge in [-0.05, 0) is 29.8 Å². The van der Waals surface area contributed by atoms with Gasteiger partial charge in [0, 0.05) is 22.9 Å². The molecule has 0 aliphatic rings. The molecule has 0 aliphatic carbocycles. The Kier molecular flexibility index (Phi) is 7.65. The fraction of sp³-hybridized carbons (Fsp3) is 0.227.